The quantitative estimate of drug-likeness (QED) is 0.877. The van der Waals surface area contributed by atoms with Gasteiger partial charge in [0.15, 0.2) is 0 Å². The van der Waals surface area contributed by atoms with Crippen molar-refractivity contribution in [1.82, 2.24) is 5.32 Å². The van der Waals surface area contributed by atoms with E-state index in [1.54, 1.807) is 0 Å². The highest BCUT2D eigenvalue weighted by molar-refractivity contribution is 9.10. The summed E-state index contributed by atoms with van der Waals surface area (Å²) in [5.41, 5.74) is 2.52. The molecule has 1 aliphatic heterocycles. The standard InChI is InChI=1S/C12H14BrNO/c1-8-2-3-9(7-11(8)13)6-10-4-5-12(15)14-10/h2-3,7,10H,4-6H2,1H3,(H,14,15). The molecular formula is C12H14BrNO. The Bertz CT molecular complexity index is 389. The molecule has 1 aromatic carbocycles. The monoisotopic (exact) mass is 267 g/mol. The van der Waals surface area contributed by atoms with Crippen molar-refractivity contribution in [3.63, 3.8) is 0 Å². The van der Waals surface area contributed by atoms with Crippen molar-refractivity contribution in [1.29, 1.82) is 0 Å². The van der Waals surface area contributed by atoms with E-state index in [1.165, 1.54) is 11.1 Å². The lowest BCUT2D eigenvalue weighted by Gasteiger charge is -2.10. The summed E-state index contributed by atoms with van der Waals surface area (Å²) in [6.45, 7) is 2.07. The van der Waals surface area contributed by atoms with E-state index in [1.807, 2.05) is 0 Å². The van der Waals surface area contributed by atoms with Gasteiger partial charge in [-0.1, -0.05) is 28.1 Å². The third-order valence-electron chi connectivity index (χ3n) is 2.80. The summed E-state index contributed by atoms with van der Waals surface area (Å²) in [6.07, 6.45) is 2.58. The third kappa shape index (κ3) is 2.59. The van der Waals surface area contributed by atoms with Crippen LogP contribution in [0.25, 0.3) is 0 Å². The zero-order valence-corrected chi connectivity index (χ0v) is 10.3. The average molecular weight is 268 g/mol. The van der Waals surface area contributed by atoms with Crippen LogP contribution in [0.5, 0.6) is 0 Å². The van der Waals surface area contributed by atoms with Gasteiger partial charge in [-0.2, -0.15) is 0 Å². The summed E-state index contributed by atoms with van der Waals surface area (Å²) in [7, 11) is 0. The summed E-state index contributed by atoms with van der Waals surface area (Å²) >= 11 is 3.52. The molecular weight excluding hydrogens is 254 g/mol. The molecule has 1 fully saturated rings. The molecule has 1 aromatic rings. The topological polar surface area (TPSA) is 29.1 Å². The maximum atomic E-state index is 11.0. The summed E-state index contributed by atoms with van der Waals surface area (Å²) < 4.78 is 1.14. The molecule has 0 aliphatic carbocycles. The van der Waals surface area contributed by atoms with Gasteiger partial charge in [0.05, 0.1) is 0 Å². The summed E-state index contributed by atoms with van der Waals surface area (Å²) in [5, 5.41) is 2.98. The van der Waals surface area contributed by atoms with Gasteiger partial charge in [-0.3, -0.25) is 4.79 Å². The van der Waals surface area contributed by atoms with Crippen molar-refractivity contribution in [2.75, 3.05) is 0 Å². The number of halogens is 1. The number of aryl methyl sites for hydroxylation is 1. The molecule has 1 aliphatic rings. The second-order valence-corrected chi connectivity index (χ2v) is 4.95. The smallest absolute Gasteiger partial charge is 0.220 e. The molecule has 0 bridgehead atoms. The predicted molar refractivity (Wildman–Crippen MR) is 63.7 cm³/mol. The molecule has 0 aromatic heterocycles. The minimum atomic E-state index is 0.186. The number of amides is 1. The van der Waals surface area contributed by atoms with E-state index in [4.69, 9.17) is 0 Å². The van der Waals surface area contributed by atoms with Crippen LogP contribution >= 0.6 is 15.9 Å². The number of hydrogen-bond donors (Lipinski definition) is 1. The molecule has 0 saturated carbocycles. The van der Waals surface area contributed by atoms with Crippen LogP contribution in [-0.2, 0) is 11.2 Å². The first-order valence-electron chi connectivity index (χ1n) is 5.19. The maximum Gasteiger partial charge on any atom is 0.220 e. The van der Waals surface area contributed by atoms with Gasteiger partial charge in [-0.15, -0.1) is 0 Å². The first-order valence-corrected chi connectivity index (χ1v) is 5.99. The van der Waals surface area contributed by atoms with Crippen LogP contribution in [0.4, 0.5) is 0 Å². The molecule has 3 heteroatoms. The molecule has 15 heavy (non-hydrogen) atoms. The van der Waals surface area contributed by atoms with Gasteiger partial charge in [-0.05, 0) is 37.0 Å². The Hall–Kier alpha value is -0.830. The van der Waals surface area contributed by atoms with E-state index in [0.717, 1.165) is 17.3 Å². The fourth-order valence-corrected chi connectivity index (χ4v) is 2.30. The Morgan fingerprint density at radius 3 is 2.93 bits per heavy atom. The Labute approximate surface area is 98.2 Å². The first kappa shape index (κ1) is 10.7. The normalized spacial score (nSPS) is 20.4. The summed E-state index contributed by atoms with van der Waals surface area (Å²) in [4.78, 5) is 11.0. The molecule has 1 atom stereocenters. The number of carbonyl (C=O) groups excluding carboxylic acids is 1. The molecule has 2 rings (SSSR count). The third-order valence-corrected chi connectivity index (χ3v) is 3.66. The highest BCUT2D eigenvalue weighted by Crippen LogP contribution is 2.20. The van der Waals surface area contributed by atoms with Gasteiger partial charge in [0.25, 0.3) is 0 Å². The Kier molecular flexibility index (Phi) is 3.10. The molecule has 0 radical (unpaired) electrons. The second kappa shape index (κ2) is 4.35. The van der Waals surface area contributed by atoms with E-state index < -0.39 is 0 Å². The van der Waals surface area contributed by atoms with Gasteiger partial charge >= 0.3 is 0 Å². The minimum Gasteiger partial charge on any atom is -0.353 e. The lowest BCUT2D eigenvalue weighted by molar-refractivity contribution is -0.119. The van der Waals surface area contributed by atoms with Gasteiger partial charge < -0.3 is 5.32 Å². The van der Waals surface area contributed by atoms with E-state index in [-0.39, 0.29) is 5.91 Å². The molecule has 1 heterocycles. The summed E-state index contributed by atoms with van der Waals surface area (Å²) in [6, 6.07) is 6.70. The molecule has 0 spiro atoms. The Balaban J connectivity index is 2.05. The molecule has 1 amide bonds. The number of hydrogen-bond acceptors (Lipinski definition) is 1. The van der Waals surface area contributed by atoms with Gasteiger partial charge in [0.2, 0.25) is 5.91 Å². The van der Waals surface area contributed by atoms with Crippen molar-refractivity contribution in [3.8, 4) is 0 Å². The van der Waals surface area contributed by atoms with Crippen molar-refractivity contribution >= 4 is 21.8 Å². The molecule has 1 N–H and O–H groups in total. The van der Waals surface area contributed by atoms with Crippen LogP contribution in [0, 0.1) is 6.92 Å². The minimum absolute atomic E-state index is 0.186. The van der Waals surface area contributed by atoms with Crippen LogP contribution in [0.3, 0.4) is 0 Å². The van der Waals surface area contributed by atoms with Crippen LogP contribution in [0.15, 0.2) is 22.7 Å². The van der Waals surface area contributed by atoms with Crippen molar-refractivity contribution in [3.05, 3.63) is 33.8 Å². The maximum absolute atomic E-state index is 11.0. The van der Waals surface area contributed by atoms with Crippen molar-refractivity contribution in [2.45, 2.75) is 32.2 Å². The van der Waals surface area contributed by atoms with E-state index in [9.17, 15) is 4.79 Å². The predicted octanol–water partition coefficient (Wildman–Crippen LogP) is 2.58. The summed E-state index contributed by atoms with van der Waals surface area (Å²) in [5.74, 6) is 0.186. The first-order chi connectivity index (χ1) is 7.15. The van der Waals surface area contributed by atoms with Gasteiger partial charge in [-0.25, -0.2) is 0 Å². The Morgan fingerprint density at radius 1 is 1.53 bits per heavy atom. The molecule has 1 unspecified atom stereocenters. The number of rotatable bonds is 2. The second-order valence-electron chi connectivity index (χ2n) is 4.09. The highest BCUT2D eigenvalue weighted by atomic mass is 79.9. The van der Waals surface area contributed by atoms with Crippen LogP contribution in [0.2, 0.25) is 0 Å². The van der Waals surface area contributed by atoms with Crippen LogP contribution < -0.4 is 5.32 Å². The van der Waals surface area contributed by atoms with Crippen LogP contribution in [0.1, 0.15) is 24.0 Å². The van der Waals surface area contributed by atoms with Gasteiger partial charge in [0, 0.05) is 16.9 Å². The van der Waals surface area contributed by atoms with Crippen molar-refractivity contribution < 1.29 is 4.79 Å². The van der Waals surface area contributed by atoms with Gasteiger partial charge in [0.1, 0.15) is 0 Å². The number of carbonyl (C=O) groups is 1. The van der Waals surface area contributed by atoms with E-state index in [2.05, 4.69) is 46.4 Å². The molecule has 1 saturated heterocycles. The van der Waals surface area contributed by atoms with Crippen LogP contribution in [-0.4, -0.2) is 11.9 Å². The fourth-order valence-electron chi connectivity index (χ4n) is 1.88. The van der Waals surface area contributed by atoms with Crippen molar-refractivity contribution in [2.24, 2.45) is 0 Å². The molecule has 80 valence electrons. The number of nitrogens with one attached hydrogen (secondary N) is 1. The Morgan fingerprint density at radius 2 is 2.33 bits per heavy atom. The fraction of sp³-hybridized carbons (Fsp3) is 0.417. The lowest BCUT2D eigenvalue weighted by Crippen LogP contribution is -2.27. The lowest BCUT2D eigenvalue weighted by atomic mass is 10.0. The zero-order valence-electron chi connectivity index (χ0n) is 8.72. The average Bonchev–Trinajstić information content (AvgIpc) is 2.58. The highest BCUT2D eigenvalue weighted by Gasteiger charge is 2.20. The molecule has 2 nitrogen and oxygen atoms in total. The van der Waals surface area contributed by atoms with E-state index >= 15 is 0 Å². The largest absolute Gasteiger partial charge is 0.353 e. The SMILES string of the molecule is Cc1ccc(CC2CCC(=O)N2)cc1Br. The van der Waals surface area contributed by atoms with E-state index in [0.29, 0.717) is 12.5 Å². The number of benzene rings is 1. The zero-order chi connectivity index (χ0) is 10.8.